The highest BCUT2D eigenvalue weighted by Gasteiger charge is 2.51. The Kier molecular flexibility index (Phi) is 4.13. The van der Waals surface area contributed by atoms with E-state index in [-0.39, 0.29) is 6.10 Å². The topological polar surface area (TPSA) is 38.7 Å². The van der Waals surface area contributed by atoms with Crippen molar-refractivity contribution < 1.29 is 27.8 Å². The fraction of sp³-hybridized carbons (Fsp3) is 0.529. The second-order valence-electron chi connectivity index (χ2n) is 6.00. The van der Waals surface area contributed by atoms with Crippen molar-refractivity contribution in [3.63, 3.8) is 0 Å². The maximum atomic E-state index is 12.6. The monoisotopic (exact) mass is 326 g/mol. The highest BCUT2D eigenvalue weighted by molar-refractivity contribution is 5.25. The molecular weight excluding hydrogens is 309 g/mol. The van der Waals surface area contributed by atoms with Crippen molar-refractivity contribution in [1.82, 2.24) is 0 Å². The van der Waals surface area contributed by atoms with E-state index in [1.165, 1.54) is 12.1 Å². The fourth-order valence-electron chi connectivity index (χ4n) is 3.15. The van der Waals surface area contributed by atoms with Crippen molar-refractivity contribution in [3.8, 4) is 12.3 Å². The minimum Gasteiger partial charge on any atom is -0.387 e. The molecule has 0 aliphatic carbocycles. The molecule has 23 heavy (non-hydrogen) atoms. The van der Waals surface area contributed by atoms with Crippen molar-refractivity contribution in [1.29, 1.82) is 0 Å². The molecule has 1 aromatic carbocycles. The lowest BCUT2D eigenvalue weighted by atomic mass is 10.0. The number of hydrogen-bond acceptors (Lipinski definition) is 3. The Labute approximate surface area is 132 Å². The van der Waals surface area contributed by atoms with Gasteiger partial charge in [-0.15, -0.1) is 6.42 Å². The zero-order valence-electron chi connectivity index (χ0n) is 12.3. The molecule has 0 spiro atoms. The number of halogens is 3. The second kappa shape index (κ2) is 5.82. The van der Waals surface area contributed by atoms with E-state index in [2.05, 4.69) is 5.92 Å². The molecule has 3 rings (SSSR count). The molecule has 3 nitrogen and oxygen atoms in total. The summed E-state index contributed by atoms with van der Waals surface area (Å²) in [5.74, 6) is 1.58. The van der Waals surface area contributed by atoms with Gasteiger partial charge in [-0.25, -0.2) is 0 Å². The largest absolute Gasteiger partial charge is 0.416 e. The van der Waals surface area contributed by atoms with E-state index in [0.717, 1.165) is 17.7 Å². The van der Waals surface area contributed by atoms with Crippen LogP contribution in [-0.4, -0.2) is 29.2 Å². The number of rotatable bonds is 3. The van der Waals surface area contributed by atoms with Crippen LogP contribution in [0.15, 0.2) is 24.3 Å². The maximum Gasteiger partial charge on any atom is 0.416 e. The van der Waals surface area contributed by atoms with Gasteiger partial charge in [0, 0.05) is 12.8 Å². The number of aliphatic hydroxyl groups is 1. The molecule has 2 aliphatic rings. The Hall–Kier alpha value is -1.55. The molecule has 1 aromatic rings. The molecule has 2 heterocycles. The summed E-state index contributed by atoms with van der Waals surface area (Å²) < 4.78 is 49.2. The Morgan fingerprint density at radius 3 is 2.57 bits per heavy atom. The number of aliphatic hydroxyl groups excluding tert-OH is 1. The molecular formula is C17H17F3O3. The third-order valence-corrected chi connectivity index (χ3v) is 4.45. The van der Waals surface area contributed by atoms with Gasteiger partial charge >= 0.3 is 6.18 Å². The first-order chi connectivity index (χ1) is 10.8. The average Bonchev–Trinajstić information content (AvgIpc) is 2.89. The number of fused-ring (bicyclic) bond motifs is 2. The highest BCUT2D eigenvalue weighted by Crippen LogP contribution is 2.42. The summed E-state index contributed by atoms with van der Waals surface area (Å²) in [6.45, 7) is 0. The molecule has 6 heteroatoms. The number of alkyl halides is 3. The van der Waals surface area contributed by atoms with Gasteiger partial charge in [-0.05, 0) is 30.5 Å². The van der Waals surface area contributed by atoms with Crippen molar-refractivity contribution in [2.45, 2.75) is 56.0 Å². The van der Waals surface area contributed by atoms with Gasteiger partial charge in [0.05, 0.1) is 11.7 Å². The van der Waals surface area contributed by atoms with Gasteiger partial charge in [0.1, 0.15) is 12.2 Å². The molecule has 0 aromatic heterocycles. The van der Waals surface area contributed by atoms with Crippen LogP contribution >= 0.6 is 0 Å². The number of benzene rings is 1. The van der Waals surface area contributed by atoms with E-state index < -0.39 is 29.7 Å². The third kappa shape index (κ3) is 3.23. The maximum absolute atomic E-state index is 12.6. The van der Waals surface area contributed by atoms with E-state index in [0.29, 0.717) is 25.7 Å². The number of hydrogen-bond donors (Lipinski definition) is 1. The first-order valence-corrected chi connectivity index (χ1v) is 7.49. The van der Waals surface area contributed by atoms with Crippen LogP contribution in [-0.2, 0) is 22.1 Å². The lowest BCUT2D eigenvalue weighted by Gasteiger charge is -2.39. The van der Waals surface area contributed by atoms with Gasteiger partial charge in [-0.2, -0.15) is 13.2 Å². The molecule has 124 valence electrons. The van der Waals surface area contributed by atoms with E-state index in [4.69, 9.17) is 15.9 Å². The van der Waals surface area contributed by atoms with Gasteiger partial charge < -0.3 is 14.6 Å². The third-order valence-electron chi connectivity index (χ3n) is 4.45. The Morgan fingerprint density at radius 1 is 1.26 bits per heavy atom. The Bertz CT molecular complexity index is 605. The lowest BCUT2D eigenvalue weighted by molar-refractivity contribution is -0.307. The summed E-state index contributed by atoms with van der Waals surface area (Å²) in [5.41, 5.74) is 0.104. The molecule has 0 amide bonds. The summed E-state index contributed by atoms with van der Waals surface area (Å²) >= 11 is 0. The van der Waals surface area contributed by atoms with Crippen LogP contribution in [0.1, 0.15) is 30.4 Å². The smallest absolute Gasteiger partial charge is 0.387 e. The minimum atomic E-state index is -4.33. The normalized spacial score (nSPS) is 33.4. The van der Waals surface area contributed by atoms with Crippen molar-refractivity contribution >= 4 is 0 Å². The highest BCUT2D eigenvalue weighted by atomic mass is 19.4. The van der Waals surface area contributed by atoms with Crippen molar-refractivity contribution in [3.05, 3.63) is 35.4 Å². The van der Waals surface area contributed by atoms with Crippen LogP contribution in [0.2, 0.25) is 0 Å². The zero-order chi connectivity index (χ0) is 16.7. The van der Waals surface area contributed by atoms with E-state index in [1.807, 2.05) is 0 Å². The predicted molar refractivity (Wildman–Crippen MR) is 76.3 cm³/mol. The molecule has 2 fully saturated rings. The van der Waals surface area contributed by atoms with Gasteiger partial charge in [0.25, 0.3) is 0 Å². The molecule has 1 N–H and O–H groups in total. The quantitative estimate of drug-likeness (QED) is 0.868. The molecule has 2 aliphatic heterocycles. The van der Waals surface area contributed by atoms with Gasteiger partial charge in [0.2, 0.25) is 0 Å². The molecule has 0 unspecified atom stereocenters. The van der Waals surface area contributed by atoms with E-state index in [9.17, 15) is 18.3 Å². The SMILES string of the molecule is C#C[C@@H]1O[C@@]2(CCc3ccc(C(F)(F)F)cc3)CC[C@@H](O2)[C@H]1O. The first-order valence-electron chi connectivity index (χ1n) is 7.49. The number of ether oxygens (including phenoxy) is 2. The van der Waals surface area contributed by atoms with Crippen LogP contribution < -0.4 is 0 Å². The average molecular weight is 326 g/mol. The van der Waals surface area contributed by atoms with Crippen LogP contribution in [0.4, 0.5) is 13.2 Å². The number of terminal acetylenes is 1. The molecule has 0 saturated carbocycles. The molecule has 2 saturated heterocycles. The minimum absolute atomic E-state index is 0.336. The zero-order valence-corrected chi connectivity index (χ0v) is 12.3. The summed E-state index contributed by atoms with van der Waals surface area (Å²) in [6.07, 6.45) is 1.44. The lowest BCUT2D eigenvalue weighted by Crippen LogP contribution is -2.50. The Balaban J connectivity index is 1.65. The number of aryl methyl sites for hydroxylation is 1. The van der Waals surface area contributed by atoms with Gasteiger partial charge in [-0.3, -0.25) is 0 Å². The molecule has 4 atom stereocenters. The van der Waals surface area contributed by atoms with Crippen LogP contribution in [0.25, 0.3) is 0 Å². The Morgan fingerprint density at radius 2 is 1.96 bits per heavy atom. The van der Waals surface area contributed by atoms with Crippen LogP contribution in [0, 0.1) is 12.3 Å². The first kappa shape index (κ1) is 16.3. The van der Waals surface area contributed by atoms with E-state index in [1.54, 1.807) is 0 Å². The summed E-state index contributed by atoms with van der Waals surface area (Å²) in [6, 6.07) is 5.06. The van der Waals surface area contributed by atoms with E-state index >= 15 is 0 Å². The van der Waals surface area contributed by atoms with Crippen molar-refractivity contribution in [2.24, 2.45) is 0 Å². The fourth-order valence-corrected chi connectivity index (χ4v) is 3.15. The van der Waals surface area contributed by atoms with Crippen LogP contribution in [0.5, 0.6) is 0 Å². The molecule has 0 radical (unpaired) electrons. The summed E-state index contributed by atoms with van der Waals surface area (Å²) in [4.78, 5) is 0. The summed E-state index contributed by atoms with van der Waals surface area (Å²) in [5, 5.41) is 9.96. The standard InChI is InChI=1S/C17H17F3O3/c1-2-13-15(21)14-8-10-16(22-13,23-14)9-7-11-3-5-12(6-4-11)17(18,19)20/h1,3-6,13-15,21H,7-10H2/t13-,14+,15-,16+/m0/s1. The molecule has 2 bridgehead atoms. The van der Waals surface area contributed by atoms with Gasteiger partial charge in [-0.1, -0.05) is 18.1 Å². The second-order valence-corrected chi connectivity index (χ2v) is 6.00. The summed E-state index contributed by atoms with van der Waals surface area (Å²) in [7, 11) is 0. The van der Waals surface area contributed by atoms with Crippen LogP contribution in [0.3, 0.4) is 0 Å². The van der Waals surface area contributed by atoms with Gasteiger partial charge in [0.15, 0.2) is 5.79 Å². The predicted octanol–water partition coefficient (Wildman–Crippen LogP) is 2.91. The van der Waals surface area contributed by atoms with Crippen molar-refractivity contribution in [2.75, 3.05) is 0 Å².